The van der Waals surface area contributed by atoms with Crippen molar-refractivity contribution in [3.8, 4) is 0 Å². The third-order valence-corrected chi connectivity index (χ3v) is 5.45. The number of amides is 3. The number of para-hydroxylation sites is 1. The first-order chi connectivity index (χ1) is 16.9. The van der Waals surface area contributed by atoms with Crippen LogP contribution in [-0.2, 0) is 14.3 Å². The molecule has 0 spiro atoms. The van der Waals surface area contributed by atoms with E-state index in [1.807, 2.05) is 26.0 Å². The van der Waals surface area contributed by atoms with Crippen LogP contribution in [0.15, 0.2) is 53.5 Å². The summed E-state index contributed by atoms with van der Waals surface area (Å²) in [5.41, 5.74) is 1.57. The molecule has 0 aromatic heterocycles. The smallest absolute Gasteiger partial charge is 0.408 e. The molecular formula is C27H33FN4O4. The van der Waals surface area contributed by atoms with Gasteiger partial charge in [0.2, 0.25) is 12.1 Å². The van der Waals surface area contributed by atoms with E-state index in [0.29, 0.717) is 28.9 Å². The number of benzene rings is 2. The number of fused-ring (bicyclic) bond motifs is 1. The molecule has 1 aliphatic rings. The molecule has 0 radical (unpaired) electrons. The topological polar surface area (TPSA) is 100 Å². The van der Waals surface area contributed by atoms with Crippen LogP contribution in [0, 0.1) is 11.7 Å². The van der Waals surface area contributed by atoms with Gasteiger partial charge in [0, 0.05) is 18.2 Å². The number of hydrogen-bond acceptors (Lipinski definition) is 5. The maximum atomic E-state index is 13.6. The van der Waals surface area contributed by atoms with Gasteiger partial charge in [0.1, 0.15) is 17.5 Å². The lowest BCUT2D eigenvalue weighted by Gasteiger charge is -2.26. The SMILES string of the molecule is CC(C)CC(NC(=O)OC(C)(C)C)C(=O)NC1N=C(c2ccc(F)cc2)c2ccccc2N(C)C1=O. The molecule has 2 unspecified atom stereocenters. The number of carbonyl (C=O) groups excluding carboxylic acids is 3. The molecule has 36 heavy (non-hydrogen) atoms. The lowest BCUT2D eigenvalue weighted by Crippen LogP contribution is -2.54. The summed E-state index contributed by atoms with van der Waals surface area (Å²) < 4.78 is 18.9. The van der Waals surface area contributed by atoms with Crippen molar-refractivity contribution in [1.82, 2.24) is 10.6 Å². The van der Waals surface area contributed by atoms with Crippen LogP contribution in [0.4, 0.5) is 14.9 Å². The molecular weight excluding hydrogens is 463 g/mol. The molecule has 0 fully saturated rings. The molecule has 1 aliphatic heterocycles. The fourth-order valence-electron chi connectivity index (χ4n) is 3.84. The summed E-state index contributed by atoms with van der Waals surface area (Å²) >= 11 is 0. The van der Waals surface area contributed by atoms with E-state index in [9.17, 15) is 18.8 Å². The van der Waals surface area contributed by atoms with E-state index >= 15 is 0 Å². The number of anilines is 1. The number of ether oxygens (including phenoxy) is 1. The summed E-state index contributed by atoms with van der Waals surface area (Å²) in [6.07, 6.45) is -1.66. The maximum absolute atomic E-state index is 13.6. The summed E-state index contributed by atoms with van der Waals surface area (Å²) in [7, 11) is 1.61. The Bertz CT molecular complexity index is 1160. The number of rotatable bonds is 6. The zero-order valence-electron chi connectivity index (χ0n) is 21.5. The minimum atomic E-state index is -1.26. The predicted octanol–water partition coefficient (Wildman–Crippen LogP) is 4.02. The first-order valence-corrected chi connectivity index (χ1v) is 11.9. The molecule has 8 nitrogen and oxygen atoms in total. The van der Waals surface area contributed by atoms with Gasteiger partial charge in [-0.2, -0.15) is 0 Å². The highest BCUT2D eigenvalue weighted by Gasteiger charge is 2.33. The molecule has 0 saturated heterocycles. The van der Waals surface area contributed by atoms with Gasteiger partial charge in [-0.25, -0.2) is 14.2 Å². The van der Waals surface area contributed by atoms with E-state index in [1.54, 1.807) is 52.1 Å². The molecule has 9 heteroatoms. The van der Waals surface area contributed by atoms with E-state index in [1.165, 1.54) is 17.0 Å². The van der Waals surface area contributed by atoms with Crippen molar-refractivity contribution in [3.63, 3.8) is 0 Å². The van der Waals surface area contributed by atoms with E-state index in [2.05, 4.69) is 15.6 Å². The van der Waals surface area contributed by atoms with Crippen molar-refractivity contribution in [2.24, 2.45) is 10.9 Å². The summed E-state index contributed by atoms with van der Waals surface area (Å²) in [4.78, 5) is 45.1. The highest BCUT2D eigenvalue weighted by Crippen LogP contribution is 2.27. The number of likely N-dealkylation sites (N-methyl/N-ethyl adjacent to an activating group) is 1. The van der Waals surface area contributed by atoms with Crippen LogP contribution in [0.25, 0.3) is 0 Å². The molecule has 0 aliphatic carbocycles. The van der Waals surface area contributed by atoms with Gasteiger partial charge in [-0.3, -0.25) is 9.59 Å². The average Bonchev–Trinajstić information content (AvgIpc) is 2.88. The van der Waals surface area contributed by atoms with E-state index in [4.69, 9.17) is 4.74 Å². The highest BCUT2D eigenvalue weighted by atomic mass is 19.1. The molecule has 0 bridgehead atoms. The second-order valence-electron chi connectivity index (χ2n) is 10.1. The van der Waals surface area contributed by atoms with Crippen molar-refractivity contribution in [1.29, 1.82) is 0 Å². The molecule has 192 valence electrons. The minimum Gasteiger partial charge on any atom is -0.444 e. The first-order valence-electron chi connectivity index (χ1n) is 11.9. The van der Waals surface area contributed by atoms with E-state index < -0.39 is 41.5 Å². The second kappa shape index (κ2) is 10.9. The summed E-state index contributed by atoms with van der Waals surface area (Å²) in [6.45, 7) is 9.03. The molecule has 2 aromatic rings. The number of aliphatic imine (C=N–C) groups is 1. The number of hydrogen-bond donors (Lipinski definition) is 2. The van der Waals surface area contributed by atoms with Crippen LogP contribution in [0.3, 0.4) is 0 Å². The van der Waals surface area contributed by atoms with Crippen LogP contribution < -0.4 is 15.5 Å². The fourth-order valence-corrected chi connectivity index (χ4v) is 3.84. The van der Waals surface area contributed by atoms with Crippen LogP contribution in [-0.4, -0.2) is 48.5 Å². The van der Waals surface area contributed by atoms with Crippen molar-refractivity contribution in [2.45, 2.75) is 58.8 Å². The highest BCUT2D eigenvalue weighted by molar-refractivity contribution is 6.20. The molecule has 2 N–H and O–H groups in total. The van der Waals surface area contributed by atoms with Gasteiger partial charge >= 0.3 is 6.09 Å². The quantitative estimate of drug-likeness (QED) is 0.631. The molecule has 2 atom stereocenters. The Hall–Kier alpha value is -3.75. The van der Waals surface area contributed by atoms with Gasteiger partial charge in [-0.1, -0.05) is 32.0 Å². The Kier molecular flexibility index (Phi) is 8.12. The molecule has 3 rings (SSSR count). The number of benzodiazepines with no additional fused rings is 1. The van der Waals surface area contributed by atoms with Crippen molar-refractivity contribution < 1.29 is 23.5 Å². The summed E-state index contributed by atoms with van der Waals surface area (Å²) in [6, 6.07) is 12.1. The molecule has 1 heterocycles. The molecule has 0 saturated carbocycles. The Balaban J connectivity index is 1.95. The van der Waals surface area contributed by atoms with Gasteiger partial charge in [-0.15, -0.1) is 0 Å². The maximum Gasteiger partial charge on any atom is 0.408 e. The Morgan fingerprint density at radius 2 is 1.75 bits per heavy atom. The zero-order valence-corrected chi connectivity index (χ0v) is 21.5. The zero-order chi connectivity index (χ0) is 26.6. The number of nitrogens with zero attached hydrogens (tertiary/aromatic N) is 2. The number of nitrogens with one attached hydrogen (secondary N) is 2. The standard InChI is InChI=1S/C27H33FN4O4/c1-16(2)15-20(29-26(35)36-27(3,4)5)24(33)31-23-25(34)32(6)21-10-8-7-9-19(21)22(30-23)17-11-13-18(28)14-12-17/h7-14,16,20,23H,15H2,1-6H3,(H,29,35)(H,31,33). The number of carbonyl (C=O) groups is 3. The molecule has 3 amide bonds. The van der Waals surface area contributed by atoms with E-state index in [-0.39, 0.29) is 5.92 Å². The van der Waals surface area contributed by atoms with Crippen molar-refractivity contribution in [2.75, 3.05) is 11.9 Å². The number of alkyl carbamates (subject to hydrolysis) is 1. The Labute approximate surface area is 210 Å². The van der Waals surface area contributed by atoms with Gasteiger partial charge in [0.25, 0.3) is 5.91 Å². The van der Waals surface area contributed by atoms with Gasteiger partial charge in [0.05, 0.1) is 11.4 Å². The monoisotopic (exact) mass is 496 g/mol. The second-order valence-corrected chi connectivity index (χ2v) is 10.1. The van der Waals surface area contributed by atoms with Crippen LogP contribution in [0.2, 0.25) is 0 Å². The van der Waals surface area contributed by atoms with Gasteiger partial charge in [0.15, 0.2) is 0 Å². The van der Waals surface area contributed by atoms with Gasteiger partial charge < -0.3 is 20.3 Å². The third-order valence-electron chi connectivity index (χ3n) is 5.45. The largest absolute Gasteiger partial charge is 0.444 e. The van der Waals surface area contributed by atoms with Crippen molar-refractivity contribution in [3.05, 3.63) is 65.5 Å². The third kappa shape index (κ3) is 6.68. The van der Waals surface area contributed by atoms with Crippen LogP contribution in [0.1, 0.15) is 52.2 Å². The number of halogens is 1. The first kappa shape index (κ1) is 26.8. The lowest BCUT2D eigenvalue weighted by atomic mass is 10.0. The summed E-state index contributed by atoms with van der Waals surface area (Å²) in [5.74, 6) is -1.34. The van der Waals surface area contributed by atoms with Crippen LogP contribution in [0.5, 0.6) is 0 Å². The average molecular weight is 497 g/mol. The van der Waals surface area contributed by atoms with Gasteiger partial charge in [-0.05, 0) is 63.4 Å². The van der Waals surface area contributed by atoms with Crippen LogP contribution >= 0.6 is 0 Å². The lowest BCUT2D eigenvalue weighted by molar-refractivity contribution is -0.128. The normalized spacial score (nSPS) is 16.6. The van der Waals surface area contributed by atoms with Crippen molar-refractivity contribution >= 4 is 29.3 Å². The minimum absolute atomic E-state index is 0.0747. The summed E-state index contributed by atoms with van der Waals surface area (Å²) in [5, 5.41) is 5.31. The fraction of sp³-hybridized carbons (Fsp3) is 0.407. The Morgan fingerprint density at radius 1 is 1.11 bits per heavy atom. The Morgan fingerprint density at radius 3 is 2.36 bits per heavy atom. The van der Waals surface area contributed by atoms with E-state index in [0.717, 1.165) is 0 Å². The molecule has 2 aromatic carbocycles. The predicted molar refractivity (Wildman–Crippen MR) is 136 cm³/mol.